The molecule has 0 radical (unpaired) electrons. The molecular formula is C31H29N3O7S. The Labute approximate surface area is 242 Å². The fourth-order valence-corrected chi connectivity index (χ4v) is 6.79. The molecule has 0 spiro atoms. The predicted molar refractivity (Wildman–Crippen MR) is 153 cm³/mol. The van der Waals surface area contributed by atoms with Gasteiger partial charge in [-0.1, -0.05) is 18.2 Å². The summed E-state index contributed by atoms with van der Waals surface area (Å²) in [6.07, 6.45) is 2.59. The highest BCUT2D eigenvalue weighted by atomic mass is 32.2. The summed E-state index contributed by atoms with van der Waals surface area (Å²) in [7, 11) is -3.51. The van der Waals surface area contributed by atoms with Crippen molar-refractivity contribution in [1.29, 1.82) is 0 Å². The Hall–Kier alpha value is -3.90. The largest absolute Gasteiger partial charge is 0.492 e. The highest BCUT2D eigenvalue weighted by Gasteiger charge is 2.30. The number of aromatic nitrogens is 2. The SMILES string of the molecule is O=C(NCc1cc2nc(-c3cccc4c3OCC[C@H]4OC3COC3)ccc2cn1)c1ccc2c(c1)S(=O)(=O)CCOC2. The molecule has 0 bridgehead atoms. The van der Waals surface area contributed by atoms with Crippen molar-refractivity contribution < 1.29 is 32.2 Å². The summed E-state index contributed by atoms with van der Waals surface area (Å²) in [5.41, 5.74) is 4.86. The van der Waals surface area contributed by atoms with Gasteiger partial charge in [-0.15, -0.1) is 0 Å². The van der Waals surface area contributed by atoms with Gasteiger partial charge in [-0.3, -0.25) is 9.78 Å². The van der Waals surface area contributed by atoms with E-state index in [0.717, 1.165) is 39.9 Å². The average Bonchev–Trinajstić information content (AvgIpc) is 3.14. The van der Waals surface area contributed by atoms with Gasteiger partial charge in [0.1, 0.15) is 11.9 Å². The van der Waals surface area contributed by atoms with Crippen molar-refractivity contribution in [3.63, 3.8) is 0 Å². The number of nitrogens with one attached hydrogen (secondary N) is 1. The maximum absolute atomic E-state index is 12.9. The fourth-order valence-electron chi connectivity index (χ4n) is 5.40. The number of ether oxygens (including phenoxy) is 4. The molecule has 1 fully saturated rings. The molecule has 7 rings (SSSR count). The molecule has 1 amide bonds. The van der Waals surface area contributed by atoms with Gasteiger partial charge in [0.2, 0.25) is 0 Å². The van der Waals surface area contributed by atoms with Gasteiger partial charge in [0, 0.05) is 34.7 Å². The first-order chi connectivity index (χ1) is 20.4. The zero-order valence-corrected chi connectivity index (χ0v) is 23.6. The maximum Gasteiger partial charge on any atom is 0.251 e. The Morgan fingerprint density at radius 3 is 2.81 bits per heavy atom. The van der Waals surface area contributed by atoms with Crippen molar-refractivity contribution in [1.82, 2.24) is 15.3 Å². The smallest absolute Gasteiger partial charge is 0.251 e. The molecule has 1 N–H and O–H groups in total. The predicted octanol–water partition coefficient (Wildman–Crippen LogP) is 3.77. The molecule has 0 aliphatic carbocycles. The van der Waals surface area contributed by atoms with Crippen LogP contribution in [0.3, 0.4) is 0 Å². The Kier molecular flexibility index (Phi) is 7.10. The zero-order valence-electron chi connectivity index (χ0n) is 22.7. The molecule has 11 heteroatoms. The van der Waals surface area contributed by atoms with Crippen LogP contribution in [0.1, 0.15) is 39.7 Å². The third-order valence-electron chi connectivity index (χ3n) is 7.74. The van der Waals surface area contributed by atoms with E-state index in [2.05, 4.69) is 10.3 Å². The van der Waals surface area contributed by atoms with Crippen LogP contribution < -0.4 is 10.1 Å². The van der Waals surface area contributed by atoms with Crippen LogP contribution >= 0.6 is 0 Å². The number of hydrogen-bond donors (Lipinski definition) is 1. The maximum atomic E-state index is 12.9. The van der Waals surface area contributed by atoms with Gasteiger partial charge in [0.15, 0.2) is 9.84 Å². The summed E-state index contributed by atoms with van der Waals surface area (Å²) in [4.78, 5) is 22.5. The minimum absolute atomic E-state index is 0.0459. The van der Waals surface area contributed by atoms with Crippen LogP contribution in [0.4, 0.5) is 0 Å². The highest BCUT2D eigenvalue weighted by molar-refractivity contribution is 7.91. The van der Waals surface area contributed by atoms with Gasteiger partial charge in [0.25, 0.3) is 5.91 Å². The van der Waals surface area contributed by atoms with Crippen LogP contribution in [0.25, 0.3) is 22.2 Å². The number of hydrogen-bond acceptors (Lipinski definition) is 9. The van der Waals surface area contributed by atoms with E-state index in [9.17, 15) is 13.2 Å². The molecule has 216 valence electrons. The summed E-state index contributed by atoms with van der Waals surface area (Å²) in [5, 5.41) is 3.71. The molecule has 4 aromatic rings. The van der Waals surface area contributed by atoms with Gasteiger partial charge < -0.3 is 24.3 Å². The van der Waals surface area contributed by atoms with E-state index in [1.807, 2.05) is 36.4 Å². The number of amides is 1. The lowest BCUT2D eigenvalue weighted by atomic mass is 9.97. The summed E-state index contributed by atoms with van der Waals surface area (Å²) >= 11 is 0. The molecular weight excluding hydrogens is 558 g/mol. The molecule has 1 atom stereocenters. The van der Waals surface area contributed by atoms with Crippen LogP contribution in [0.5, 0.6) is 5.75 Å². The molecule has 10 nitrogen and oxygen atoms in total. The number of fused-ring (bicyclic) bond motifs is 3. The van der Waals surface area contributed by atoms with Crippen LogP contribution in [0.2, 0.25) is 0 Å². The number of carbonyl (C=O) groups excluding carboxylic acids is 1. The van der Waals surface area contributed by atoms with Crippen LogP contribution in [0, 0.1) is 0 Å². The van der Waals surface area contributed by atoms with Crippen molar-refractivity contribution in [2.75, 3.05) is 32.2 Å². The molecule has 0 saturated carbocycles. The number of carbonyl (C=O) groups is 1. The van der Waals surface area contributed by atoms with Gasteiger partial charge in [0.05, 0.1) is 73.2 Å². The topological polar surface area (TPSA) is 126 Å². The number of pyridine rings is 2. The number of para-hydroxylation sites is 1. The Balaban J connectivity index is 1.11. The molecule has 3 aliphatic rings. The monoisotopic (exact) mass is 587 g/mol. The first kappa shape index (κ1) is 27.0. The second-order valence-electron chi connectivity index (χ2n) is 10.6. The first-order valence-corrected chi connectivity index (χ1v) is 15.6. The Bertz CT molecular complexity index is 1790. The van der Waals surface area contributed by atoms with Crippen LogP contribution in [-0.4, -0.2) is 62.6 Å². The molecule has 2 aromatic heterocycles. The number of sulfone groups is 1. The molecule has 3 aliphatic heterocycles. The Morgan fingerprint density at radius 2 is 1.95 bits per heavy atom. The van der Waals surface area contributed by atoms with E-state index in [4.69, 9.17) is 23.9 Å². The second-order valence-corrected chi connectivity index (χ2v) is 12.7. The average molecular weight is 588 g/mol. The lowest BCUT2D eigenvalue weighted by Crippen LogP contribution is -2.38. The molecule has 1 saturated heterocycles. The van der Waals surface area contributed by atoms with Crippen molar-refractivity contribution >= 4 is 26.6 Å². The van der Waals surface area contributed by atoms with Crippen molar-refractivity contribution in [2.24, 2.45) is 0 Å². The number of nitrogens with zero attached hydrogens (tertiary/aromatic N) is 2. The Morgan fingerprint density at radius 1 is 1.05 bits per heavy atom. The highest BCUT2D eigenvalue weighted by Crippen LogP contribution is 2.42. The first-order valence-electron chi connectivity index (χ1n) is 13.9. The summed E-state index contributed by atoms with van der Waals surface area (Å²) in [6, 6.07) is 16.5. The van der Waals surface area contributed by atoms with Gasteiger partial charge >= 0.3 is 0 Å². The summed E-state index contributed by atoms with van der Waals surface area (Å²) in [5.74, 6) is 0.292. The van der Waals surface area contributed by atoms with Gasteiger partial charge in [-0.05, 0) is 42.0 Å². The van der Waals surface area contributed by atoms with Gasteiger partial charge in [-0.2, -0.15) is 0 Å². The van der Waals surface area contributed by atoms with Gasteiger partial charge in [-0.25, -0.2) is 13.4 Å². The quantitative estimate of drug-likeness (QED) is 0.359. The molecule has 2 aromatic carbocycles. The van der Waals surface area contributed by atoms with E-state index in [0.29, 0.717) is 31.1 Å². The normalized spacial score (nSPS) is 19.6. The minimum Gasteiger partial charge on any atom is -0.492 e. The molecule has 42 heavy (non-hydrogen) atoms. The minimum atomic E-state index is -3.51. The zero-order chi connectivity index (χ0) is 28.7. The molecule has 5 heterocycles. The van der Waals surface area contributed by atoms with Crippen molar-refractivity contribution in [3.8, 4) is 17.0 Å². The van der Waals surface area contributed by atoms with E-state index >= 15 is 0 Å². The lowest BCUT2D eigenvalue weighted by molar-refractivity contribution is -0.161. The second kappa shape index (κ2) is 11.1. The van der Waals surface area contributed by atoms with E-state index in [-0.39, 0.29) is 54.1 Å². The number of rotatable bonds is 6. The third kappa shape index (κ3) is 5.24. The third-order valence-corrected chi connectivity index (χ3v) is 9.49. The van der Waals surface area contributed by atoms with E-state index in [1.165, 1.54) is 6.07 Å². The molecule has 0 unspecified atom stereocenters. The summed E-state index contributed by atoms with van der Waals surface area (Å²) < 4.78 is 48.2. The van der Waals surface area contributed by atoms with Crippen molar-refractivity contribution in [3.05, 3.63) is 83.2 Å². The summed E-state index contributed by atoms with van der Waals surface area (Å²) in [6.45, 7) is 2.30. The lowest BCUT2D eigenvalue weighted by Gasteiger charge is -2.34. The number of benzene rings is 2. The van der Waals surface area contributed by atoms with E-state index < -0.39 is 9.84 Å². The fraction of sp³-hybridized carbons (Fsp3) is 0.323. The van der Waals surface area contributed by atoms with Crippen LogP contribution in [-0.2, 0) is 37.2 Å². The standard InChI is InChI=1S/C31H29N3O7S/c35-31(19-4-5-21-16-38-10-11-42(36,37)29(21)12-19)33-15-22-13-27-20(14-32-22)6-7-26(34-27)24-2-1-3-25-28(8-9-40-30(24)25)41-23-17-39-18-23/h1-7,12-14,23,28H,8-11,15-18H2,(H,33,35)/t28-/m1/s1. The van der Waals surface area contributed by atoms with Crippen molar-refractivity contribution in [2.45, 2.75) is 36.7 Å². The van der Waals surface area contributed by atoms with E-state index in [1.54, 1.807) is 18.3 Å². The van der Waals surface area contributed by atoms with Crippen LogP contribution in [0.15, 0.2) is 65.7 Å².